The third-order valence-electron chi connectivity index (χ3n) is 3.66. The molecule has 1 aliphatic heterocycles. The molecule has 0 fully saturated rings. The Morgan fingerprint density at radius 3 is 2.77 bits per heavy atom. The molecule has 1 heterocycles. The first kappa shape index (κ1) is 14.7. The number of amides is 1. The predicted molar refractivity (Wildman–Crippen MR) is 85.8 cm³/mol. The highest BCUT2D eigenvalue weighted by Crippen LogP contribution is 2.30. The molecule has 0 saturated carbocycles. The summed E-state index contributed by atoms with van der Waals surface area (Å²) in [6, 6.07) is 12.7. The third kappa shape index (κ3) is 3.17. The molecule has 114 valence electrons. The van der Waals surface area contributed by atoms with E-state index in [-0.39, 0.29) is 11.8 Å². The summed E-state index contributed by atoms with van der Waals surface area (Å²) in [7, 11) is 1.61. The van der Waals surface area contributed by atoms with E-state index in [0.717, 1.165) is 22.7 Å². The molecular formula is C17H16ClNO3. The van der Waals surface area contributed by atoms with Crippen molar-refractivity contribution in [3.63, 3.8) is 0 Å². The quantitative estimate of drug-likeness (QED) is 0.942. The van der Waals surface area contributed by atoms with E-state index >= 15 is 0 Å². The van der Waals surface area contributed by atoms with Crippen molar-refractivity contribution in [3.05, 3.63) is 53.1 Å². The lowest BCUT2D eigenvalue weighted by molar-refractivity contribution is -0.121. The maximum absolute atomic E-state index is 12.4. The molecule has 2 aromatic carbocycles. The molecule has 0 radical (unpaired) electrons. The minimum absolute atomic E-state index is 0.0595. The van der Waals surface area contributed by atoms with Gasteiger partial charge in [0.2, 0.25) is 5.91 Å². The second-order valence-electron chi connectivity index (χ2n) is 5.18. The van der Waals surface area contributed by atoms with E-state index in [1.807, 2.05) is 36.4 Å². The van der Waals surface area contributed by atoms with Crippen molar-refractivity contribution in [1.29, 1.82) is 0 Å². The fraction of sp³-hybridized carbons (Fsp3) is 0.235. The Morgan fingerprint density at radius 2 is 2.05 bits per heavy atom. The number of nitrogens with one attached hydrogen (secondary N) is 1. The molecular weight excluding hydrogens is 302 g/mol. The summed E-state index contributed by atoms with van der Waals surface area (Å²) in [6.07, 6.45) is 0.623. The van der Waals surface area contributed by atoms with Crippen LogP contribution in [0.2, 0.25) is 5.02 Å². The third-order valence-corrected chi connectivity index (χ3v) is 3.89. The second kappa shape index (κ2) is 6.28. The molecule has 0 saturated heterocycles. The Morgan fingerprint density at radius 1 is 1.27 bits per heavy atom. The van der Waals surface area contributed by atoms with Crippen molar-refractivity contribution in [2.45, 2.75) is 6.42 Å². The van der Waals surface area contributed by atoms with Gasteiger partial charge < -0.3 is 14.8 Å². The average Bonchev–Trinajstić information content (AvgIpc) is 2.54. The molecule has 1 amide bonds. The molecule has 0 bridgehead atoms. The molecule has 3 rings (SSSR count). The molecule has 2 aromatic rings. The molecule has 0 aromatic heterocycles. The minimum atomic E-state index is -0.229. The molecule has 1 N–H and O–H groups in total. The summed E-state index contributed by atoms with van der Waals surface area (Å²) in [5.74, 6) is 1.27. The van der Waals surface area contributed by atoms with Crippen molar-refractivity contribution in [2.24, 2.45) is 5.92 Å². The van der Waals surface area contributed by atoms with E-state index < -0.39 is 0 Å². The highest BCUT2D eigenvalue weighted by molar-refractivity contribution is 6.30. The Kier molecular flexibility index (Phi) is 4.20. The van der Waals surface area contributed by atoms with Crippen molar-refractivity contribution < 1.29 is 14.3 Å². The predicted octanol–water partition coefficient (Wildman–Crippen LogP) is 3.54. The fourth-order valence-electron chi connectivity index (χ4n) is 2.45. The second-order valence-corrected chi connectivity index (χ2v) is 5.62. The number of fused-ring (bicyclic) bond motifs is 1. The lowest BCUT2D eigenvalue weighted by atomic mass is 9.96. The van der Waals surface area contributed by atoms with Crippen LogP contribution in [0.1, 0.15) is 5.56 Å². The largest absolute Gasteiger partial charge is 0.497 e. The summed E-state index contributed by atoms with van der Waals surface area (Å²) in [4.78, 5) is 12.4. The van der Waals surface area contributed by atoms with Gasteiger partial charge in [-0.1, -0.05) is 11.6 Å². The molecule has 4 nitrogen and oxygen atoms in total. The first-order chi connectivity index (χ1) is 10.7. The summed E-state index contributed by atoms with van der Waals surface area (Å²) < 4.78 is 10.7. The van der Waals surface area contributed by atoms with Crippen LogP contribution in [0.25, 0.3) is 0 Å². The number of carbonyl (C=O) groups is 1. The topological polar surface area (TPSA) is 47.6 Å². The number of benzene rings is 2. The van der Waals surface area contributed by atoms with Gasteiger partial charge >= 0.3 is 0 Å². The number of rotatable bonds is 3. The minimum Gasteiger partial charge on any atom is -0.497 e. The highest BCUT2D eigenvalue weighted by Gasteiger charge is 2.26. The number of anilines is 1. The van der Waals surface area contributed by atoms with Crippen molar-refractivity contribution in [1.82, 2.24) is 0 Å². The van der Waals surface area contributed by atoms with Gasteiger partial charge in [0.1, 0.15) is 18.1 Å². The maximum atomic E-state index is 12.4. The number of ether oxygens (including phenoxy) is 2. The zero-order valence-corrected chi connectivity index (χ0v) is 12.9. The molecule has 5 heteroatoms. The number of carbonyl (C=O) groups excluding carboxylic acids is 1. The average molecular weight is 318 g/mol. The smallest absolute Gasteiger partial charge is 0.231 e. The van der Waals surface area contributed by atoms with Crippen molar-refractivity contribution in [3.8, 4) is 11.5 Å². The van der Waals surface area contributed by atoms with Gasteiger partial charge in [-0.2, -0.15) is 0 Å². The van der Waals surface area contributed by atoms with Crippen molar-refractivity contribution in [2.75, 3.05) is 19.0 Å². The van der Waals surface area contributed by atoms with Crippen LogP contribution < -0.4 is 14.8 Å². The van der Waals surface area contributed by atoms with Crippen LogP contribution in [0.4, 0.5) is 5.69 Å². The Bertz CT molecular complexity index is 685. The lowest BCUT2D eigenvalue weighted by Crippen LogP contribution is -2.32. The zero-order chi connectivity index (χ0) is 15.5. The SMILES string of the molecule is COc1ccc(NC(=O)C2COc3ccc(Cl)cc3C2)cc1. The van der Waals surface area contributed by atoms with Crippen LogP contribution >= 0.6 is 11.6 Å². The summed E-state index contributed by atoms with van der Waals surface area (Å²) in [6.45, 7) is 0.372. The van der Waals surface area contributed by atoms with Gasteiger partial charge in [0, 0.05) is 10.7 Å². The van der Waals surface area contributed by atoms with E-state index in [0.29, 0.717) is 18.1 Å². The van der Waals surface area contributed by atoms with Crippen LogP contribution in [0.3, 0.4) is 0 Å². The van der Waals surface area contributed by atoms with Crippen LogP contribution in [-0.4, -0.2) is 19.6 Å². The summed E-state index contributed by atoms with van der Waals surface area (Å²) in [5, 5.41) is 3.55. The van der Waals surface area contributed by atoms with Gasteiger partial charge in [-0.05, 0) is 54.4 Å². The zero-order valence-electron chi connectivity index (χ0n) is 12.1. The number of halogens is 1. The lowest BCUT2D eigenvalue weighted by Gasteiger charge is -2.24. The molecule has 1 aliphatic rings. The van der Waals surface area contributed by atoms with Gasteiger partial charge in [0.15, 0.2) is 0 Å². The van der Waals surface area contributed by atoms with Gasteiger partial charge in [0.25, 0.3) is 0 Å². The summed E-state index contributed by atoms with van der Waals surface area (Å²) >= 11 is 5.99. The van der Waals surface area contributed by atoms with Crippen LogP contribution in [0.5, 0.6) is 11.5 Å². The van der Waals surface area contributed by atoms with Crippen LogP contribution in [0, 0.1) is 5.92 Å². The van der Waals surface area contributed by atoms with E-state index in [2.05, 4.69) is 5.32 Å². The van der Waals surface area contributed by atoms with Crippen LogP contribution in [-0.2, 0) is 11.2 Å². The van der Waals surface area contributed by atoms with Gasteiger partial charge in [-0.15, -0.1) is 0 Å². The monoisotopic (exact) mass is 317 g/mol. The fourth-order valence-corrected chi connectivity index (χ4v) is 2.64. The Hall–Kier alpha value is -2.20. The number of hydrogen-bond acceptors (Lipinski definition) is 3. The first-order valence-corrected chi connectivity index (χ1v) is 7.39. The first-order valence-electron chi connectivity index (χ1n) is 7.02. The van der Waals surface area contributed by atoms with E-state index in [9.17, 15) is 4.79 Å². The standard InChI is InChI=1S/C17H16ClNO3/c1-21-15-5-3-14(4-6-15)19-17(20)12-8-11-9-13(18)2-7-16(11)22-10-12/h2-7,9,12H,8,10H2,1H3,(H,19,20). The summed E-state index contributed by atoms with van der Waals surface area (Å²) in [5.41, 5.74) is 1.70. The van der Waals surface area contributed by atoms with Crippen molar-refractivity contribution >= 4 is 23.2 Å². The van der Waals surface area contributed by atoms with Gasteiger partial charge in [0.05, 0.1) is 13.0 Å². The molecule has 22 heavy (non-hydrogen) atoms. The highest BCUT2D eigenvalue weighted by atomic mass is 35.5. The van der Waals surface area contributed by atoms with E-state index in [1.165, 1.54) is 0 Å². The molecule has 0 spiro atoms. The van der Waals surface area contributed by atoms with E-state index in [4.69, 9.17) is 21.1 Å². The van der Waals surface area contributed by atoms with Gasteiger partial charge in [-0.25, -0.2) is 0 Å². The van der Waals surface area contributed by atoms with Crippen LogP contribution in [0.15, 0.2) is 42.5 Å². The molecule has 1 unspecified atom stereocenters. The Balaban J connectivity index is 1.68. The Labute approximate surface area is 134 Å². The normalized spacial score (nSPS) is 16.4. The molecule has 1 atom stereocenters. The maximum Gasteiger partial charge on any atom is 0.231 e. The number of methoxy groups -OCH3 is 1. The van der Waals surface area contributed by atoms with Gasteiger partial charge in [-0.3, -0.25) is 4.79 Å². The van der Waals surface area contributed by atoms with E-state index in [1.54, 1.807) is 13.2 Å². The number of hydrogen-bond donors (Lipinski definition) is 1. The molecule has 0 aliphatic carbocycles.